The van der Waals surface area contributed by atoms with Gasteiger partial charge < -0.3 is 9.47 Å². The predicted molar refractivity (Wildman–Crippen MR) is 76.8 cm³/mol. The van der Waals surface area contributed by atoms with Gasteiger partial charge in [0.05, 0.1) is 14.2 Å². The minimum Gasteiger partial charge on any atom is -0.496 e. The summed E-state index contributed by atoms with van der Waals surface area (Å²) >= 11 is 0. The number of ether oxygens (including phenoxy) is 2. The maximum Gasteiger partial charge on any atom is 0.305 e. The first-order valence-corrected chi connectivity index (χ1v) is 6.73. The van der Waals surface area contributed by atoms with E-state index in [2.05, 4.69) is 37.6 Å². The molecule has 0 aliphatic rings. The summed E-state index contributed by atoms with van der Waals surface area (Å²) in [6.07, 6.45) is 2.18. The van der Waals surface area contributed by atoms with E-state index in [1.165, 1.54) is 23.8 Å². The summed E-state index contributed by atoms with van der Waals surface area (Å²) in [6, 6.07) is 4.29. The molecule has 0 aliphatic carbocycles. The second-order valence-electron chi connectivity index (χ2n) is 5.11. The molecular weight excluding hydrogens is 240 g/mol. The Balaban J connectivity index is 2.83. The van der Waals surface area contributed by atoms with Crippen molar-refractivity contribution in [1.82, 2.24) is 0 Å². The van der Waals surface area contributed by atoms with Gasteiger partial charge in [0.1, 0.15) is 5.75 Å². The van der Waals surface area contributed by atoms with Gasteiger partial charge in [-0.25, -0.2) is 0 Å². The van der Waals surface area contributed by atoms with Gasteiger partial charge in [-0.1, -0.05) is 19.9 Å². The van der Waals surface area contributed by atoms with Gasteiger partial charge in [0.2, 0.25) is 0 Å². The molecule has 3 heteroatoms. The lowest BCUT2D eigenvalue weighted by Crippen LogP contribution is -2.03. The Morgan fingerprint density at radius 3 is 2.47 bits per heavy atom. The molecule has 0 fully saturated rings. The summed E-state index contributed by atoms with van der Waals surface area (Å²) in [5.74, 6) is 1.23. The molecule has 0 atom stereocenters. The van der Waals surface area contributed by atoms with E-state index in [0.717, 1.165) is 18.6 Å². The molecule has 0 unspecified atom stereocenters. The Bertz CT molecular complexity index is 436. The lowest BCUT2D eigenvalue weighted by atomic mass is 9.94. The lowest BCUT2D eigenvalue weighted by Gasteiger charge is -2.16. The third-order valence-electron chi connectivity index (χ3n) is 3.36. The molecule has 0 heterocycles. The molecule has 0 radical (unpaired) electrons. The van der Waals surface area contributed by atoms with Gasteiger partial charge in [0.25, 0.3) is 0 Å². The number of carbonyl (C=O) groups is 1. The fourth-order valence-electron chi connectivity index (χ4n) is 2.17. The summed E-state index contributed by atoms with van der Waals surface area (Å²) in [5, 5.41) is 0. The number of aryl methyl sites for hydroxylation is 2. The zero-order valence-corrected chi connectivity index (χ0v) is 12.6. The first-order valence-electron chi connectivity index (χ1n) is 6.73. The Morgan fingerprint density at radius 2 is 1.95 bits per heavy atom. The van der Waals surface area contributed by atoms with Gasteiger partial charge in [-0.2, -0.15) is 0 Å². The summed E-state index contributed by atoms with van der Waals surface area (Å²) in [4.78, 5) is 11.1. The minimum atomic E-state index is -0.143. The highest BCUT2D eigenvalue weighted by atomic mass is 16.5. The van der Waals surface area contributed by atoms with Gasteiger partial charge in [-0.15, -0.1) is 0 Å². The molecular formula is C16H24O3. The number of benzene rings is 1. The van der Waals surface area contributed by atoms with Crippen LogP contribution in [0.5, 0.6) is 5.75 Å². The van der Waals surface area contributed by atoms with E-state index in [1.807, 2.05) is 0 Å². The van der Waals surface area contributed by atoms with E-state index >= 15 is 0 Å². The molecule has 0 N–H and O–H groups in total. The molecule has 1 aromatic carbocycles. The van der Waals surface area contributed by atoms with E-state index in [4.69, 9.17) is 4.74 Å². The van der Waals surface area contributed by atoms with Crippen LogP contribution in [0.3, 0.4) is 0 Å². The molecule has 0 amide bonds. The van der Waals surface area contributed by atoms with Crippen molar-refractivity contribution in [3.63, 3.8) is 0 Å². The van der Waals surface area contributed by atoms with E-state index in [9.17, 15) is 4.79 Å². The van der Waals surface area contributed by atoms with Crippen LogP contribution >= 0.6 is 0 Å². The number of rotatable bonds is 6. The van der Waals surface area contributed by atoms with Crippen molar-refractivity contribution >= 4 is 5.97 Å². The highest BCUT2D eigenvalue weighted by Gasteiger charge is 2.11. The van der Waals surface area contributed by atoms with Gasteiger partial charge >= 0.3 is 5.97 Å². The van der Waals surface area contributed by atoms with Crippen molar-refractivity contribution in [2.45, 2.75) is 46.0 Å². The van der Waals surface area contributed by atoms with E-state index in [0.29, 0.717) is 12.3 Å². The van der Waals surface area contributed by atoms with Crippen LogP contribution in [0.2, 0.25) is 0 Å². The van der Waals surface area contributed by atoms with Crippen LogP contribution in [-0.2, 0) is 16.0 Å². The van der Waals surface area contributed by atoms with Crippen molar-refractivity contribution in [2.75, 3.05) is 14.2 Å². The second kappa shape index (κ2) is 7.17. The van der Waals surface area contributed by atoms with Gasteiger partial charge in [0, 0.05) is 6.42 Å². The highest BCUT2D eigenvalue weighted by Crippen LogP contribution is 2.30. The third-order valence-corrected chi connectivity index (χ3v) is 3.36. The predicted octanol–water partition coefficient (Wildman–Crippen LogP) is 3.62. The third kappa shape index (κ3) is 4.27. The molecule has 0 aliphatic heterocycles. The van der Waals surface area contributed by atoms with Crippen molar-refractivity contribution in [3.8, 4) is 5.75 Å². The quantitative estimate of drug-likeness (QED) is 0.736. The monoisotopic (exact) mass is 264 g/mol. The maximum atomic E-state index is 11.1. The van der Waals surface area contributed by atoms with Gasteiger partial charge in [-0.05, 0) is 48.4 Å². The fourth-order valence-corrected chi connectivity index (χ4v) is 2.17. The average Bonchev–Trinajstić information content (AvgIpc) is 2.39. The lowest BCUT2D eigenvalue weighted by molar-refractivity contribution is -0.140. The molecule has 1 aromatic rings. The van der Waals surface area contributed by atoms with Crippen LogP contribution in [0, 0.1) is 6.92 Å². The first-order chi connectivity index (χ1) is 8.99. The average molecular weight is 264 g/mol. The number of methoxy groups -OCH3 is 2. The molecule has 3 nitrogen and oxygen atoms in total. The Labute approximate surface area is 115 Å². The van der Waals surface area contributed by atoms with Crippen LogP contribution in [0.15, 0.2) is 12.1 Å². The van der Waals surface area contributed by atoms with Crippen molar-refractivity contribution in [1.29, 1.82) is 0 Å². The SMILES string of the molecule is COC(=O)CCCc1cc(C(C)C)c(OC)cc1C. The smallest absolute Gasteiger partial charge is 0.305 e. The van der Waals surface area contributed by atoms with Crippen LogP contribution in [0.25, 0.3) is 0 Å². The number of hydrogen-bond donors (Lipinski definition) is 0. The fraction of sp³-hybridized carbons (Fsp3) is 0.562. The Kier molecular flexibility index (Phi) is 5.87. The van der Waals surface area contributed by atoms with E-state index in [1.54, 1.807) is 7.11 Å². The zero-order valence-electron chi connectivity index (χ0n) is 12.6. The zero-order chi connectivity index (χ0) is 14.4. The second-order valence-corrected chi connectivity index (χ2v) is 5.11. The van der Waals surface area contributed by atoms with Crippen molar-refractivity contribution < 1.29 is 14.3 Å². The minimum absolute atomic E-state index is 0.143. The standard InChI is InChI=1S/C16H24O3/c1-11(2)14-10-13(7-6-8-16(17)19-5)12(3)9-15(14)18-4/h9-11H,6-8H2,1-5H3. The number of hydrogen-bond acceptors (Lipinski definition) is 3. The van der Waals surface area contributed by atoms with Gasteiger partial charge in [-0.3, -0.25) is 4.79 Å². The summed E-state index contributed by atoms with van der Waals surface area (Å²) in [5.41, 5.74) is 3.72. The molecule has 0 aromatic heterocycles. The molecule has 0 saturated heterocycles. The Hall–Kier alpha value is -1.51. The summed E-state index contributed by atoms with van der Waals surface area (Å²) in [7, 11) is 3.13. The highest BCUT2D eigenvalue weighted by molar-refractivity contribution is 5.69. The van der Waals surface area contributed by atoms with Gasteiger partial charge in [0.15, 0.2) is 0 Å². The van der Waals surface area contributed by atoms with Crippen LogP contribution < -0.4 is 4.74 Å². The summed E-state index contributed by atoms with van der Waals surface area (Å²) in [6.45, 7) is 6.40. The number of carbonyl (C=O) groups excluding carboxylic acids is 1. The van der Waals surface area contributed by atoms with Crippen LogP contribution in [0.4, 0.5) is 0 Å². The maximum absolute atomic E-state index is 11.1. The van der Waals surface area contributed by atoms with Crippen LogP contribution in [0.1, 0.15) is 49.3 Å². The molecule has 1 rings (SSSR count). The molecule has 0 bridgehead atoms. The van der Waals surface area contributed by atoms with Crippen molar-refractivity contribution in [2.24, 2.45) is 0 Å². The first kappa shape index (κ1) is 15.5. The Morgan fingerprint density at radius 1 is 1.26 bits per heavy atom. The molecule has 0 saturated carbocycles. The molecule has 106 valence electrons. The van der Waals surface area contributed by atoms with E-state index < -0.39 is 0 Å². The molecule has 0 spiro atoms. The molecule has 19 heavy (non-hydrogen) atoms. The van der Waals surface area contributed by atoms with Crippen LogP contribution in [-0.4, -0.2) is 20.2 Å². The topological polar surface area (TPSA) is 35.5 Å². The summed E-state index contributed by atoms with van der Waals surface area (Å²) < 4.78 is 10.1. The van der Waals surface area contributed by atoms with E-state index in [-0.39, 0.29) is 5.97 Å². The van der Waals surface area contributed by atoms with Crippen molar-refractivity contribution in [3.05, 3.63) is 28.8 Å². The largest absolute Gasteiger partial charge is 0.496 e. The normalized spacial score (nSPS) is 10.6. The number of esters is 1.